The second kappa shape index (κ2) is 4.47. The third-order valence-corrected chi connectivity index (χ3v) is 2.91. The Bertz CT molecular complexity index is 907. The van der Waals surface area contributed by atoms with Gasteiger partial charge in [-0.3, -0.25) is 0 Å². The lowest BCUT2D eigenvalue weighted by molar-refractivity contribution is 0.387. The summed E-state index contributed by atoms with van der Waals surface area (Å²) in [5.41, 5.74) is 1.30. The van der Waals surface area contributed by atoms with Crippen molar-refractivity contribution >= 4 is 11.0 Å². The van der Waals surface area contributed by atoms with Crippen LogP contribution < -0.4 is 0 Å². The highest BCUT2D eigenvalue weighted by Crippen LogP contribution is 2.23. The summed E-state index contributed by atoms with van der Waals surface area (Å²) in [7, 11) is 0. The standard InChI is InChI=1S/C12H9N7O2/c1-6-16-8(18-20-6)4-9-17-12(21-19-9)10-7-2-3-13-11(7)15-5-14-10/h2-3,5H,4H2,1H3,(H,13,14,15). The van der Waals surface area contributed by atoms with E-state index in [9.17, 15) is 0 Å². The number of aryl methyl sites for hydroxylation is 1. The normalized spacial score (nSPS) is 11.3. The van der Waals surface area contributed by atoms with Crippen LogP contribution >= 0.6 is 0 Å². The molecule has 0 aliphatic rings. The molecule has 0 aliphatic carbocycles. The topological polar surface area (TPSA) is 119 Å². The maximum atomic E-state index is 5.26. The molecule has 0 aromatic carbocycles. The maximum Gasteiger partial charge on any atom is 0.277 e. The first-order valence-corrected chi connectivity index (χ1v) is 6.20. The molecule has 9 nitrogen and oxygen atoms in total. The number of aromatic nitrogens is 7. The van der Waals surface area contributed by atoms with Gasteiger partial charge in [-0.15, -0.1) is 0 Å². The monoisotopic (exact) mass is 283 g/mol. The van der Waals surface area contributed by atoms with Gasteiger partial charge in [-0.25, -0.2) is 9.97 Å². The lowest BCUT2D eigenvalue weighted by atomic mass is 10.3. The van der Waals surface area contributed by atoms with E-state index in [-0.39, 0.29) is 0 Å². The molecule has 0 fully saturated rings. The summed E-state index contributed by atoms with van der Waals surface area (Å²) >= 11 is 0. The molecule has 1 N–H and O–H groups in total. The fraction of sp³-hybridized carbons (Fsp3) is 0.167. The Morgan fingerprint density at radius 2 is 1.95 bits per heavy atom. The van der Waals surface area contributed by atoms with Crippen molar-refractivity contribution in [2.45, 2.75) is 13.3 Å². The summed E-state index contributed by atoms with van der Waals surface area (Å²) in [6.07, 6.45) is 3.56. The lowest BCUT2D eigenvalue weighted by Gasteiger charge is -1.94. The summed E-state index contributed by atoms with van der Waals surface area (Å²) < 4.78 is 10.2. The van der Waals surface area contributed by atoms with Crippen LogP contribution in [-0.4, -0.2) is 35.2 Å². The molecule has 9 heteroatoms. The molecule has 0 radical (unpaired) electrons. The first-order valence-electron chi connectivity index (χ1n) is 6.20. The number of nitrogens with zero attached hydrogens (tertiary/aromatic N) is 6. The zero-order valence-corrected chi connectivity index (χ0v) is 10.9. The molecule has 4 aromatic heterocycles. The Balaban J connectivity index is 1.69. The zero-order chi connectivity index (χ0) is 14.2. The molecule has 0 saturated carbocycles. The summed E-state index contributed by atoms with van der Waals surface area (Å²) in [5.74, 6) is 1.80. The number of nitrogens with one attached hydrogen (secondary N) is 1. The van der Waals surface area contributed by atoms with Crippen LogP contribution in [0.2, 0.25) is 0 Å². The number of rotatable bonds is 3. The first-order chi connectivity index (χ1) is 10.3. The Morgan fingerprint density at radius 3 is 2.81 bits per heavy atom. The van der Waals surface area contributed by atoms with Crippen molar-refractivity contribution in [2.75, 3.05) is 0 Å². The number of aromatic amines is 1. The van der Waals surface area contributed by atoms with Crippen LogP contribution in [0.3, 0.4) is 0 Å². The Kier molecular flexibility index (Phi) is 2.49. The highest BCUT2D eigenvalue weighted by atomic mass is 16.5. The highest BCUT2D eigenvalue weighted by molar-refractivity contribution is 5.87. The van der Waals surface area contributed by atoms with Crippen LogP contribution in [0, 0.1) is 6.92 Å². The van der Waals surface area contributed by atoms with E-state index in [1.54, 1.807) is 13.1 Å². The first kappa shape index (κ1) is 11.7. The summed E-state index contributed by atoms with van der Waals surface area (Å²) in [4.78, 5) is 19.7. The second-order valence-electron chi connectivity index (χ2n) is 4.38. The molecule has 0 bridgehead atoms. The lowest BCUT2D eigenvalue weighted by Crippen LogP contribution is -1.93. The Labute approximate surface area is 117 Å². The smallest absolute Gasteiger partial charge is 0.277 e. The molecule has 21 heavy (non-hydrogen) atoms. The minimum absolute atomic E-state index is 0.331. The predicted molar refractivity (Wildman–Crippen MR) is 69.0 cm³/mol. The molecule has 4 heterocycles. The van der Waals surface area contributed by atoms with Gasteiger partial charge in [-0.1, -0.05) is 10.3 Å². The molecule has 0 saturated heterocycles. The van der Waals surface area contributed by atoms with Crippen molar-refractivity contribution in [1.29, 1.82) is 0 Å². The molecule has 104 valence electrons. The molecular weight excluding hydrogens is 274 g/mol. The molecule has 0 atom stereocenters. The third kappa shape index (κ3) is 2.04. The van der Waals surface area contributed by atoms with Crippen molar-refractivity contribution in [3.8, 4) is 11.6 Å². The van der Waals surface area contributed by atoms with Gasteiger partial charge >= 0.3 is 0 Å². The summed E-state index contributed by atoms with van der Waals surface area (Å²) in [5, 5.41) is 8.53. The average Bonchev–Trinajstić information content (AvgIpc) is 3.19. The molecule has 0 amide bonds. The Morgan fingerprint density at radius 1 is 1.10 bits per heavy atom. The average molecular weight is 283 g/mol. The fourth-order valence-electron chi connectivity index (χ4n) is 2.02. The number of hydrogen-bond acceptors (Lipinski definition) is 8. The van der Waals surface area contributed by atoms with Crippen molar-refractivity contribution in [1.82, 2.24) is 35.2 Å². The molecular formula is C12H9N7O2. The quantitative estimate of drug-likeness (QED) is 0.597. The van der Waals surface area contributed by atoms with Gasteiger partial charge in [0.05, 0.1) is 11.8 Å². The molecule has 4 aromatic rings. The van der Waals surface area contributed by atoms with Crippen molar-refractivity contribution < 1.29 is 9.05 Å². The van der Waals surface area contributed by atoms with Gasteiger partial charge in [0.15, 0.2) is 11.6 Å². The second-order valence-corrected chi connectivity index (χ2v) is 4.38. The van der Waals surface area contributed by atoms with Gasteiger partial charge in [0, 0.05) is 13.1 Å². The van der Waals surface area contributed by atoms with Crippen molar-refractivity contribution in [3.63, 3.8) is 0 Å². The molecule has 0 spiro atoms. The van der Waals surface area contributed by atoms with E-state index in [1.807, 2.05) is 6.07 Å². The van der Waals surface area contributed by atoms with E-state index in [2.05, 4.69) is 35.2 Å². The summed E-state index contributed by atoms with van der Waals surface area (Å²) in [6, 6.07) is 1.86. The van der Waals surface area contributed by atoms with E-state index >= 15 is 0 Å². The number of fused-ring (bicyclic) bond motifs is 1. The van der Waals surface area contributed by atoms with E-state index in [0.29, 0.717) is 41.2 Å². The number of hydrogen-bond donors (Lipinski definition) is 1. The molecule has 0 unspecified atom stereocenters. The van der Waals surface area contributed by atoms with Crippen LogP contribution in [0.4, 0.5) is 0 Å². The van der Waals surface area contributed by atoms with Crippen LogP contribution in [-0.2, 0) is 6.42 Å². The van der Waals surface area contributed by atoms with E-state index in [0.717, 1.165) is 5.39 Å². The SMILES string of the molecule is Cc1nc(Cc2noc(-c3ncnc4[nH]ccc34)n2)no1. The number of H-pyrrole nitrogens is 1. The van der Waals surface area contributed by atoms with Crippen molar-refractivity contribution in [3.05, 3.63) is 36.1 Å². The largest absolute Gasteiger partial charge is 0.346 e. The van der Waals surface area contributed by atoms with Gasteiger partial charge in [0.2, 0.25) is 5.89 Å². The van der Waals surface area contributed by atoms with Gasteiger partial charge in [-0.05, 0) is 6.07 Å². The van der Waals surface area contributed by atoms with E-state index in [4.69, 9.17) is 9.05 Å². The Hall–Kier alpha value is -3.10. The van der Waals surface area contributed by atoms with Gasteiger partial charge < -0.3 is 14.0 Å². The van der Waals surface area contributed by atoms with E-state index in [1.165, 1.54) is 6.33 Å². The van der Waals surface area contributed by atoms with Crippen LogP contribution in [0.25, 0.3) is 22.6 Å². The minimum Gasteiger partial charge on any atom is -0.346 e. The summed E-state index contributed by atoms with van der Waals surface area (Å²) in [6.45, 7) is 1.72. The minimum atomic E-state index is 0.331. The fourth-order valence-corrected chi connectivity index (χ4v) is 2.02. The zero-order valence-electron chi connectivity index (χ0n) is 10.9. The van der Waals surface area contributed by atoms with Gasteiger partial charge in [0.25, 0.3) is 5.89 Å². The van der Waals surface area contributed by atoms with Crippen molar-refractivity contribution in [2.24, 2.45) is 0 Å². The highest BCUT2D eigenvalue weighted by Gasteiger charge is 2.16. The van der Waals surface area contributed by atoms with Crippen LogP contribution in [0.5, 0.6) is 0 Å². The van der Waals surface area contributed by atoms with E-state index < -0.39 is 0 Å². The predicted octanol–water partition coefficient (Wildman–Crippen LogP) is 1.29. The van der Waals surface area contributed by atoms with Crippen LogP contribution in [0.1, 0.15) is 17.5 Å². The van der Waals surface area contributed by atoms with Gasteiger partial charge in [0.1, 0.15) is 17.7 Å². The third-order valence-electron chi connectivity index (χ3n) is 2.91. The van der Waals surface area contributed by atoms with Gasteiger partial charge in [-0.2, -0.15) is 9.97 Å². The molecule has 0 aliphatic heterocycles. The maximum absolute atomic E-state index is 5.26. The molecule has 4 rings (SSSR count). The van der Waals surface area contributed by atoms with Crippen LogP contribution in [0.15, 0.2) is 27.6 Å².